The maximum atomic E-state index is 10.5. The normalized spacial score (nSPS) is 11.3. The van der Waals surface area contributed by atoms with Crippen LogP contribution in [0.2, 0.25) is 0 Å². The highest BCUT2D eigenvalue weighted by molar-refractivity contribution is 5.85. The summed E-state index contributed by atoms with van der Waals surface area (Å²) < 4.78 is 4.82. The fourth-order valence-electron chi connectivity index (χ4n) is 0.960. The first-order valence-corrected chi connectivity index (χ1v) is 3.89. The predicted octanol–water partition coefficient (Wildman–Crippen LogP) is 1.32. The molecule has 6 nitrogen and oxygen atoms in total. The van der Waals surface area contributed by atoms with Gasteiger partial charge in [0.25, 0.3) is 0 Å². The van der Waals surface area contributed by atoms with Crippen molar-refractivity contribution in [2.45, 2.75) is 13.2 Å². The molecule has 1 aromatic rings. The lowest BCUT2D eigenvalue weighted by Gasteiger charge is -2.08. The number of nitro groups is 1. The zero-order valence-electron chi connectivity index (χ0n) is 7.91. The highest BCUT2D eigenvalue weighted by Gasteiger charge is 2.16. The third-order valence-corrected chi connectivity index (χ3v) is 1.48. The van der Waals surface area contributed by atoms with E-state index in [9.17, 15) is 10.1 Å². The molecular formula is C8H11ClN2O4. The molecule has 0 amide bonds. The van der Waals surface area contributed by atoms with E-state index in [1.807, 2.05) is 0 Å². The zero-order valence-corrected chi connectivity index (χ0v) is 8.73. The van der Waals surface area contributed by atoms with Crippen molar-refractivity contribution >= 4 is 23.8 Å². The van der Waals surface area contributed by atoms with Crippen molar-refractivity contribution in [2.75, 3.05) is 5.73 Å². The van der Waals surface area contributed by atoms with Crippen LogP contribution in [0.15, 0.2) is 18.2 Å². The molecule has 84 valence electrons. The van der Waals surface area contributed by atoms with Gasteiger partial charge in [-0.25, -0.2) is 0 Å². The minimum Gasteiger partial charge on any atom is -0.458 e. The smallest absolute Gasteiger partial charge is 0.313 e. The number of nitrogens with zero attached hydrogens (tertiary/aromatic N) is 1. The number of nitro benzene ring substituents is 1. The molecule has 0 aromatic heterocycles. The van der Waals surface area contributed by atoms with E-state index in [1.165, 1.54) is 25.1 Å². The first kappa shape index (κ1) is 13.5. The van der Waals surface area contributed by atoms with Gasteiger partial charge in [-0.2, -0.15) is 0 Å². The number of ether oxygens (including phenoxy) is 1. The van der Waals surface area contributed by atoms with Gasteiger partial charge in [0.2, 0.25) is 0 Å². The Morgan fingerprint density at radius 1 is 1.60 bits per heavy atom. The summed E-state index contributed by atoms with van der Waals surface area (Å²) >= 11 is 0. The van der Waals surface area contributed by atoms with Crippen molar-refractivity contribution in [3.63, 3.8) is 0 Å². The van der Waals surface area contributed by atoms with Crippen molar-refractivity contribution in [3.8, 4) is 5.75 Å². The highest BCUT2D eigenvalue weighted by Crippen LogP contribution is 2.29. The fraction of sp³-hybridized carbons (Fsp3) is 0.250. The van der Waals surface area contributed by atoms with Crippen LogP contribution in [0.4, 0.5) is 11.4 Å². The standard InChI is InChI=1S/C8H10N2O4.ClH/c1-5(11)14-8-3-2-6(9)4-7(8)10(12)13;/h2-5,11H,9H2,1H3;1H. The molecule has 3 N–H and O–H groups in total. The first-order valence-electron chi connectivity index (χ1n) is 3.89. The van der Waals surface area contributed by atoms with Crippen molar-refractivity contribution in [1.29, 1.82) is 0 Å². The number of nitrogens with two attached hydrogens (primary N) is 1. The molecule has 1 aromatic carbocycles. The van der Waals surface area contributed by atoms with Gasteiger partial charge in [-0.05, 0) is 19.1 Å². The van der Waals surface area contributed by atoms with Crippen LogP contribution in [0, 0.1) is 10.1 Å². The maximum Gasteiger partial charge on any atom is 0.313 e. The van der Waals surface area contributed by atoms with E-state index in [-0.39, 0.29) is 29.5 Å². The number of aliphatic hydroxyl groups excluding tert-OH is 1. The Morgan fingerprint density at radius 3 is 2.67 bits per heavy atom. The molecule has 0 heterocycles. The van der Waals surface area contributed by atoms with Gasteiger partial charge in [0.1, 0.15) is 0 Å². The van der Waals surface area contributed by atoms with Gasteiger partial charge in [-0.1, -0.05) is 0 Å². The molecule has 0 aliphatic heterocycles. The van der Waals surface area contributed by atoms with Gasteiger partial charge in [0, 0.05) is 11.8 Å². The van der Waals surface area contributed by atoms with Crippen LogP contribution in [-0.4, -0.2) is 16.3 Å². The predicted molar refractivity (Wildman–Crippen MR) is 57.1 cm³/mol. The van der Waals surface area contributed by atoms with Crippen LogP contribution in [0.25, 0.3) is 0 Å². The summed E-state index contributed by atoms with van der Waals surface area (Å²) in [5.41, 5.74) is 5.39. The van der Waals surface area contributed by atoms with E-state index in [2.05, 4.69) is 0 Å². The van der Waals surface area contributed by atoms with Crippen LogP contribution in [-0.2, 0) is 0 Å². The van der Waals surface area contributed by atoms with E-state index in [0.717, 1.165) is 0 Å². The van der Waals surface area contributed by atoms with Crippen molar-refractivity contribution in [3.05, 3.63) is 28.3 Å². The SMILES string of the molecule is CC(O)Oc1ccc(N)cc1[N+](=O)[O-].Cl. The summed E-state index contributed by atoms with van der Waals surface area (Å²) in [5, 5.41) is 19.4. The van der Waals surface area contributed by atoms with Gasteiger partial charge in [-0.3, -0.25) is 10.1 Å². The van der Waals surface area contributed by atoms with Gasteiger partial charge >= 0.3 is 5.69 Å². The monoisotopic (exact) mass is 234 g/mol. The number of hydrogen-bond acceptors (Lipinski definition) is 5. The number of anilines is 1. The zero-order chi connectivity index (χ0) is 10.7. The molecule has 1 unspecified atom stereocenters. The van der Waals surface area contributed by atoms with Crippen molar-refractivity contribution in [1.82, 2.24) is 0 Å². The fourth-order valence-corrected chi connectivity index (χ4v) is 0.960. The van der Waals surface area contributed by atoms with Crippen LogP contribution in [0.1, 0.15) is 6.92 Å². The number of nitrogen functional groups attached to an aromatic ring is 1. The quantitative estimate of drug-likeness (QED) is 0.356. The average molecular weight is 235 g/mol. The molecule has 1 atom stereocenters. The Kier molecular flexibility index (Phi) is 4.83. The summed E-state index contributed by atoms with van der Waals surface area (Å²) in [7, 11) is 0. The number of hydrogen-bond donors (Lipinski definition) is 2. The Hall–Kier alpha value is -1.53. The Morgan fingerprint density at radius 2 is 2.20 bits per heavy atom. The second kappa shape index (κ2) is 5.38. The van der Waals surface area contributed by atoms with E-state index in [0.29, 0.717) is 0 Å². The van der Waals surface area contributed by atoms with Crippen LogP contribution in [0.5, 0.6) is 5.75 Å². The van der Waals surface area contributed by atoms with Crippen molar-refractivity contribution in [2.24, 2.45) is 0 Å². The molecular weight excluding hydrogens is 224 g/mol. The van der Waals surface area contributed by atoms with Gasteiger partial charge in [0.15, 0.2) is 12.0 Å². The molecule has 0 aliphatic rings. The van der Waals surface area contributed by atoms with E-state index in [1.54, 1.807) is 0 Å². The number of rotatable bonds is 3. The number of aliphatic hydroxyl groups is 1. The second-order valence-electron chi connectivity index (χ2n) is 2.70. The minimum atomic E-state index is -1.10. The Balaban J connectivity index is 0.00000196. The van der Waals surface area contributed by atoms with Gasteiger partial charge in [0.05, 0.1) is 4.92 Å². The van der Waals surface area contributed by atoms with Crippen LogP contribution < -0.4 is 10.5 Å². The molecule has 0 fully saturated rings. The second-order valence-corrected chi connectivity index (χ2v) is 2.70. The summed E-state index contributed by atoms with van der Waals surface area (Å²) in [4.78, 5) is 9.93. The number of benzene rings is 1. The van der Waals surface area contributed by atoms with E-state index < -0.39 is 11.2 Å². The van der Waals surface area contributed by atoms with Gasteiger partial charge < -0.3 is 15.6 Å². The minimum absolute atomic E-state index is 0. The Labute approximate surface area is 92.2 Å². The molecule has 7 heteroatoms. The third kappa shape index (κ3) is 3.61. The summed E-state index contributed by atoms with van der Waals surface area (Å²) in [6.07, 6.45) is -1.10. The molecule has 0 saturated heterocycles. The lowest BCUT2D eigenvalue weighted by molar-refractivity contribution is -0.386. The molecule has 15 heavy (non-hydrogen) atoms. The van der Waals surface area contributed by atoms with Gasteiger partial charge in [-0.15, -0.1) is 12.4 Å². The third-order valence-electron chi connectivity index (χ3n) is 1.48. The molecule has 0 saturated carbocycles. The molecule has 1 rings (SSSR count). The van der Waals surface area contributed by atoms with E-state index >= 15 is 0 Å². The largest absolute Gasteiger partial charge is 0.458 e. The van der Waals surface area contributed by atoms with Crippen molar-refractivity contribution < 1.29 is 14.8 Å². The van der Waals surface area contributed by atoms with Crippen LogP contribution in [0.3, 0.4) is 0 Å². The molecule has 0 bridgehead atoms. The lowest BCUT2D eigenvalue weighted by Crippen LogP contribution is -2.10. The van der Waals surface area contributed by atoms with Crippen LogP contribution >= 0.6 is 12.4 Å². The maximum absolute atomic E-state index is 10.5. The summed E-state index contributed by atoms with van der Waals surface area (Å²) in [5.74, 6) is -0.000741. The summed E-state index contributed by atoms with van der Waals surface area (Å²) in [6.45, 7) is 1.36. The molecule has 0 spiro atoms. The summed E-state index contributed by atoms with van der Waals surface area (Å²) in [6, 6.07) is 3.99. The average Bonchev–Trinajstić information content (AvgIpc) is 2.07. The topological polar surface area (TPSA) is 98.6 Å². The molecule has 0 aliphatic carbocycles. The lowest BCUT2D eigenvalue weighted by atomic mass is 10.2. The van der Waals surface area contributed by atoms with E-state index in [4.69, 9.17) is 15.6 Å². The number of halogens is 1. The first-order chi connectivity index (χ1) is 6.50. The molecule has 0 radical (unpaired) electrons. The Bertz CT molecular complexity index is 356. The highest BCUT2D eigenvalue weighted by atomic mass is 35.5.